The molecule has 3 heterocycles. The molecule has 0 N–H and O–H groups in total. The first kappa shape index (κ1) is 15.6. The van der Waals surface area contributed by atoms with Crippen molar-refractivity contribution in [2.24, 2.45) is 0 Å². The molecule has 134 valence electrons. The number of fused-ring (bicyclic) bond motifs is 2. The molecule has 0 fully saturated rings. The lowest BCUT2D eigenvalue weighted by molar-refractivity contribution is 0.174. The van der Waals surface area contributed by atoms with Crippen molar-refractivity contribution in [3.8, 4) is 28.4 Å². The van der Waals surface area contributed by atoms with Gasteiger partial charge in [0.15, 0.2) is 23.1 Å². The molecular formula is C19H11F2N3O3. The highest BCUT2D eigenvalue weighted by atomic mass is 19.2. The molecule has 0 amide bonds. The number of aromatic nitrogens is 3. The van der Waals surface area contributed by atoms with Crippen LogP contribution in [0.2, 0.25) is 0 Å². The third kappa shape index (κ3) is 2.45. The number of benzene rings is 2. The van der Waals surface area contributed by atoms with Crippen LogP contribution in [0.1, 0.15) is 0 Å². The van der Waals surface area contributed by atoms with Gasteiger partial charge in [-0.2, -0.15) is 0 Å². The summed E-state index contributed by atoms with van der Waals surface area (Å²) in [5.74, 6) is -0.727. The van der Waals surface area contributed by atoms with Gasteiger partial charge < -0.3 is 13.9 Å². The number of hydrogen-bond acceptors (Lipinski definition) is 4. The lowest BCUT2D eigenvalue weighted by Crippen LogP contribution is -2.20. The normalized spacial score (nSPS) is 12.7. The molecule has 1 aliphatic heterocycles. The van der Waals surface area contributed by atoms with Gasteiger partial charge in [-0.1, -0.05) is 0 Å². The largest absolute Gasteiger partial charge is 0.454 e. The molecule has 2 aromatic heterocycles. The van der Waals surface area contributed by atoms with E-state index >= 15 is 0 Å². The van der Waals surface area contributed by atoms with E-state index in [0.717, 1.165) is 17.7 Å². The maximum Gasteiger partial charge on any atom is 0.298 e. The van der Waals surface area contributed by atoms with Crippen LogP contribution < -0.4 is 15.0 Å². The Balaban J connectivity index is 1.63. The Bertz CT molecular complexity index is 1260. The highest BCUT2D eigenvalue weighted by Crippen LogP contribution is 2.35. The summed E-state index contributed by atoms with van der Waals surface area (Å²) in [6.07, 6.45) is 4.82. The summed E-state index contributed by atoms with van der Waals surface area (Å²) in [5, 5.41) is 0. The van der Waals surface area contributed by atoms with Gasteiger partial charge in [0.25, 0.3) is 5.56 Å². The van der Waals surface area contributed by atoms with Crippen molar-refractivity contribution in [1.82, 2.24) is 14.0 Å². The molecule has 2 aromatic carbocycles. The van der Waals surface area contributed by atoms with Crippen LogP contribution in [0.4, 0.5) is 8.78 Å². The fourth-order valence-electron chi connectivity index (χ4n) is 3.01. The van der Waals surface area contributed by atoms with Crippen molar-refractivity contribution in [3.63, 3.8) is 0 Å². The van der Waals surface area contributed by atoms with Gasteiger partial charge in [-0.05, 0) is 30.3 Å². The molecule has 0 spiro atoms. The molecule has 4 aromatic rings. The minimum absolute atomic E-state index is 0.162. The standard InChI is InChI=1S/C19H11F2N3O3/c20-13-3-2-12(8-14(13)21)24-6-5-23-9-15(22-18(23)19(24)25)11-1-4-16-17(7-11)27-10-26-16/h1-9H,10H2. The summed E-state index contributed by atoms with van der Waals surface area (Å²) in [6, 6.07) is 8.67. The smallest absolute Gasteiger partial charge is 0.298 e. The van der Waals surface area contributed by atoms with Crippen molar-refractivity contribution in [1.29, 1.82) is 0 Å². The van der Waals surface area contributed by atoms with E-state index in [1.165, 1.54) is 16.8 Å². The minimum Gasteiger partial charge on any atom is -0.454 e. The Hall–Kier alpha value is -3.68. The zero-order chi connectivity index (χ0) is 18.5. The molecule has 0 bridgehead atoms. The quantitative estimate of drug-likeness (QED) is 0.546. The summed E-state index contributed by atoms with van der Waals surface area (Å²) in [4.78, 5) is 17.2. The van der Waals surface area contributed by atoms with Gasteiger partial charge in [-0.15, -0.1) is 0 Å². The average Bonchev–Trinajstić information content (AvgIpc) is 3.31. The number of ether oxygens (including phenoxy) is 2. The third-order valence-electron chi connectivity index (χ3n) is 4.37. The van der Waals surface area contributed by atoms with Crippen LogP contribution in [-0.2, 0) is 0 Å². The Kier molecular flexibility index (Phi) is 3.27. The first-order chi connectivity index (χ1) is 13.1. The second-order valence-corrected chi connectivity index (χ2v) is 6.00. The predicted octanol–water partition coefficient (Wildman–Crippen LogP) is 3.16. The van der Waals surface area contributed by atoms with Crippen molar-refractivity contribution < 1.29 is 18.3 Å². The molecule has 8 heteroatoms. The van der Waals surface area contributed by atoms with Gasteiger partial charge in [0.1, 0.15) is 0 Å². The van der Waals surface area contributed by atoms with E-state index in [1.807, 2.05) is 6.07 Å². The summed E-state index contributed by atoms with van der Waals surface area (Å²) >= 11 is 0. The highest BCUT2D eigenvalue weighted by molar-refractivity contribution is 5.66. The first-order valence-electron chi connectivity index (χ1n) is 8.06. The van der Waals surface area contributed by atoms with Crippen LogP contribution in [0.15, 0.2) is 59.8 Å². The van der Waals surface area contributed by atoms with E-state index < -0.39 is 17.2 Å². The number of halogens is 2. The van der Waals surface area contributed by atoms with Gasteiger partial charge in [-0.3, -0.25) is 9.36 Å². The van der Waals surface area contributed by atoms with Gasteiger partial charge >= 0.3 is 0 Å². The van der Waals surface area contributed by atoms with Crippen LogP contribution in [0, 0.1) is 11.6 Å². The molecule has 0 saturated heterocycles. The van der Waals surface area contributed by atoms with Crippen LogP contribution in [0.25, 0.3) is 22.6 Å². The van der Waals surface area contributed by atoms with E-state index in [2.05, 4.69) is 4.98 Å². The number of imidazole rings is 1. The van der Waals surface area contributed by atoms with E-state index in [-0.39, 0.29) is 18.1 Å². The molecule has 0 atom stereocenters. The van der Waals surface area contributed by atoms with Crippen molar-refractivity contribution in [2.45, 2.75) is 0 Å². The van der Waals surface area contributed by atoms with Gasteiger partial charge in [0.2, 0.25) is 12.4 Å². The molecule has 0 aliphatic carbocycles. The minimum atomic E-state index is -1.02. The van der Waals surface area contributed by atoms with Crippen molar-refractivity contribution >= 4 is 5.65 Å². The second-order valence-electron chi connectivity index (χ2n) is 6.00. The number of nitrogens with zero attached hydrogens (tertiary/aromatic N) is 3. The highest BCUT2D eigenvalue weighted by Gasteiger charge is 2.16. The average molecular weight is 367 g/mol. The molecule has 0 saturated carbocycles. The lowest BCUT2D eigenvalue weighted by Gasteiger charge is -2.06. The second kappa shape index (κ2) is 5.66. The summed E-state index contributed by atoms with van der Waals surface area (Å²) < 4.78 is 40.1. The molecule has 0 unspecified atom stereocenters. The maximum atomic E-state index is 13.5. The van der Waals surface area contributed by atoms with Gasteiger partial charge in [0, 0.05) is 30.2 Å². The molecule has 5 rings (SSSR count). The van der Waals surface area contributed by atoms with Crippen molar-refractivity contribution in [2.75, 3.05) is 6.79 Å². The summed E-state index contributed by atoms with van der Waals surface area (Å²) in [7, 11) is 0. The third-order valence-corrected chi connectivity index (χ3v) is 4.37. The van der Waals surface area contributed by atoms with Crippen LogP contribution in [-0.4, -0.2) is 20.7 Å². The first-order valence-corrected chi connectivity index (χ1v) is 8.06. The Morgan fingerprint density at radius 3 is 2.67 bits per heavy atom. The summed E-state index contributed by atoms with van der Waals surface area (Å²) in [5.41, 5.74) is 1.27. The molecule has 27 heavy (non-hydrogen) atoms. The molecular weight excluding hydrogens is 356 g/mol. The maximum absolute atomic E-state index is 13.5. The van der Waals surface area contributed by atoms with E-state index in [4.69, 9.17) is 9.47 Å². The van der Waals surface area contributed by atoms with Crippen LogP contribution in [0.3, 0.4) is 0 Å². The molecule has 1 aliphatic rings. The fourth-order valence-corrected chi connectivity index (χ4v) is 3.01. The topological polar surface area (TPSA) is 57.8 Å². The van der Waals surface area contributed by atoms with Gasteiger partial charge in [0.05, 0.1) is 11.4 Å². The van der Waals surface area contributed by atoms with E-state index in [0.29, 0.717) is 17.2 Å². The fraction of sp³-hybridized carbons (Fsp3) is 0.0526. The predicted molar refractivity (Wildman–Crippen MR) is 92.3 cm³/mol. The van der Waals surface area contributed by atoms with Crippen molar-refractivity contribution in [3.05, 3.63) is 77.0 Å². The van der Waals surface area contributed by atoms with Gasteiger partial charge in [-0.25, -0.2) is 13.8 Å². The summed E-state index contributed by atoms with van der Waals surface area (Å²) in [6.45, 7) is 0.170. The SMILES string of the molecule is O=c1c2nc(-c3ccc4c(c3)OCO4)cn2ccn1-c1ccc(F)c(F)c1. The monoisotopic (exact) mass is 367 g/mol. The molecule has 0 radical (unpaired) electrons. The van der Waals surface area contributed by atoms with E-state index in [1.54, 1.807) is 28.9 Å². The Morgan fingerprint density at radius 2 is 1.81 bits per heavy atom. The van der Waals surface area contributed by atoms with Crippen LogP contribution in [0.5, 0.6) is 11.5 Å². The lowest BCUT2D eigenvalue weighted by atomic mass is 10.1. The molecule has 6 nitrogen and oxygen atoms in total. The number of rotatable bonds is 2. The zero-order valence-corrected chi connectivity index (χ0v) is 13.7. The number of hydrogen-bond donors (Lipinski definition) is 0. The Labute approximate surface area is 150 Å². The Morgan fingerprint density at radius 1 is 0.963 bits per heavy atom. The zero-order valence-electron chi connectivity index (χ0n) is 13.7. The van der Waals surface area contributed by atoms with E-state index in [9.17, 15) is 13.6 Å². The van der Waals surface area contributed by atoms with Crippen LogP contribution >= 0.6 is 0 Å².